The number of hydrogen-bond donors (Lipinski definition) is 1. The Bertz CT molecular complexity index is 342. The molecule has 1 aromatic rings. The molecular formula is C10H10O3. The fraction of sp³-hybridized carbons (Fsp3) is 0.200. The van der Waals surface area contributed by atoms with Gasteiger partial charge in [0, 0.05) is 5.56 Å². The van der Waals surface area contributed by atoms with Crippen molar-refractivity contribution in [2.75, 3.05) is 0 Å². The minimum absolute atomic E-state index is 0.0622. The molecule has 3 heteroatoms. The molecule has 0 aliphatic carbocycles. The van der Waals surface area contributed by atoms with Crippen LogP contribution in [0, 0.1) is 0 Å². The van der Waals surface area contributed by atoms with Gasteiger partial charge in [-0.15, -0.1) is 0 Å². The third kappa shape index (κ3) is 1.93. The Morgan fingerprint density at radius 3 is 2.69 bits per heavy atom. The molecular weight excluding hydrogens is 168 g/mol. The number of rotatable bonds is 3. The van der Waals surface area contributed by atoms with E-state index in [4.69, 9.17) is 5.11 Å². The summed E-state index contributed by atoms with van der Waals surface area (Å²) in [5, 5.41) is 8.70. The van der Waals surface area contributed by atoms with Crippen molar-refractivity contribution in [3.63, 3.8) is 0 Å². The van der Waals surface area contributed by atoms with E-state index in [0.717, 1.165) is 12.0 Å². The van der Waals surface area contributed by atoms with Crippen molar-refractivity contribution >= 4 is 12.3 Å². The molecule has 0 bridgehead atoms. The van der Waals surface area contributed by atoms with Crippen LogP contribution in [-0.4, -0.2) is 17.4 Å². The molecule has 1 rings (SSSR count). The van der Waals surface area contributed by atoms with Gasteiger partial charge in [-0.25, -0.2) is 4.79 Å². The standard InChI is InChI=1S/C10H10O3/c1-2-7-3-4-9(10(12)13)8(5-7)6-11/h3-6H,2H2,1H3,(H,12,13). The molecule has 0 heterocycles. The Morgan fingerprint density at radius 2 is 2.23 bits per heavy atom. The molecule has 0 fully saturated rings. The molecule has 0 saturated heterocycles. The van der Waals surface area contributed by atoms with Crippen LogP contribution in [-0.2, 0) is 6.42 Å². The van der Waals surface area contributed by atoms with Gasteiger partial charge in [-0.1, -0.05) is 13.0 Å². The lowest BCUT2D eigenvalue weighted by Gasteiger charge is -2.01. The molecule has 1 aromatic carbocycles. The van der Waals surface area contributed by atoms with E-state index in [1.54, 1.807) is 12.1 Å². The Morgan fingerprint density at radius 1 is 1.54 bits per heavy atom. The molecule has 1 N–H and O–H groups in total. The van der Waals surface area contributed by atoms with Crippen LogP contribution in [0.3, 0.4) is 0 Å². The van der Waals surface area contributed by atoms with Gasteiger partial charge in [0.05, 0.1) is 5.56 Å². The smallest absolute Gasteiger partial charge is 0.336 e. The SMILES string of the molecule is CCc1ccc(C(=O)O)c(C=O)c1. The third-order valence-electron chi connectivity index (χ3n) is 1.88. The quantitative estimate of drug-likeness (QED) is 0.717. The summed E-state index contributed by atoms with van der Waals surface area (Å²) < 4.78 is 0. The normalized spacial score (nSPS) is 9.62. The molecule has 13 heavy (non-hydrogen) atoms. The number of carbonyl (C=O) groups excluding carboxylic acids is 1. The van der Waals surface area contributed by atoms with Crippen LogP contribution in [0.4, 0.5) is 0 Å². The maximum Gasteiger partial charge on any atom is 0.336 e. The monoisotopic (exact) mass is 178 g/mol. The van der Waals surface area contributed by atoms with Crippen LogP contribution in [0.5, 0.6) is 0 Å². The second-order valence-electron chi connectivity index (χ2n) is 2.70. The van der Waals surface area contributed by atoms with Crippen LogP contribution in [0.2, 0.25) is 0 Å². The van der Waals surface area contributed by atoms with Crippen molar-refractivity contribution in [3.8, 4) is 0 Å². The molecule has 0 amide bonds. The zero-order valence-electron chi connectivity index (χ0n) is 7.28. The Kier molecular flexibility index (Phi) is 2.80. The van der Waals surface area contributed by atoms with Crippen LogP contribution in [0.1, 0.15) is 33.2 Å². The highest BCUT2D eigenvalue weighted by atomic mass is 16.4. The number of benzene rings is 1. The number of carboxylic acid groups (broad SMARTS) is 1. The predicted molar refractivity (Wildman–Crippen MR) is 48.2 cm³/mol. The highest BCUT2D eigenvalue weighted by Gasteiger charge is 2.08. The first-order valence-corrected chi connectivity index (χ1v) is 4.00. The Labute approximate surface area is 76.0 Å². The molecule has 0 spiro atoms. The van der Waals surface area contributed by atoms with E-state index in [1.807, 2.05) is 6.92 Å². The fourth-order valence-corrected chi connectivity index (χ4v) is 1.12. The van der Waals surface area contributed by atoms with Gasteiger partial charge >= 0.3 is 5.97 Å². The Balaban J connectivity index is 3.23. The maximum absolute atomic E-state index is 10.6. The van der Waals surface area contributed by atoms with E-state index in [-0.39, 0.29) is 11.1 Å². The van der Waals surface area contributed by atoms with Gasteiger partial charge in [-0.05, 0) is 24.1 Å². The molecule has 0 aliphatic rings. The average Bonchev–Trinajstić information content (AvgIpc) is 2.16. The minimum atomic E-state index is -1.07. The van der Waals surface area contributed by atoms with Crippen molar-refractivity contribution in [1.29, 1.82) is 0 Å². The van der Waals surface area contributed by atoms with Crippen LogP contribution < -0.4 is 0 Å². The number of carbonyl (C=O) groups is 2. The van der Waals surface area contributed by atoms with E-state index in [9.17, 15) is 9.59 Å². The molecule has 0 aromatic heterocycles. The first kappa shape index (κ1) is 9.45. The van der Waals surface area contributed by atoms with Crippen molar-refractivity contribution in [2.45, 2.75) is 13.3 Å². The predicted octanol–water partition coefficient (Wildman–Crippen LogP) is 1.76. The van der Waals surface area contributed by atoms with E-state index in [2.05, 4.69) is 0 Å². The van der Waals surface area contributed by atoms with Gasteiger partial charge in [0.15, 0.2) is 6.29 Å². The van der Waals surface area contributed by atoms with Gasteiger partial charge in [0.1, 0.15) is 0 Å². The van der Waals surface area contributed by atoms with Crippen molar-refractivity contribution in [1.82, 2.24) is 0 Å². The van der Waals surface area contributed by atoms with Crippen LogP contribution in [0.15, 0.2) is 18.2 Å². The zero-order chi connectivity index (χ0) is 9.84. The second-order valence-corrected chi connectivity index (χ2v) is 2.70. The number of aryl methyl sites for hydroxylation is 1. The molecule has 0 aliphatic heterocycles. The maximum atomic E-state index is 10.6. The lowest BCUT2D eigenvalue weighted by atomic mass is 10.0. The van der Waals surface area contributed by atoms with Gasteiger partial charge in [-0.2, -0.15) is 0 Å². The zero-order valence-corrected chi connectivity index (χ0v) is 7.28. The minimum Gasteiger partial charge on any atom is -0.478 e. The second kappa shape index (κ2) is 3.85. The largest absolute Gasteiger partial charge is 0.478 e. The lowest BCUT2D eigenvalue weighted by Crippen LogP contribution is -2.02. The highest BCUT2D eigenvalue weighted by Crippen LogP contribution is 2.10. The summed E-state index contributed by atoms with van der Waals surface area (Å²) in [6.45, 7) is 1.95. The summed E-state index contributed by atoms with van der Waals surface area (Å²) in [6, 6.07) is 4.79. The Hall–Kier alpha value is -1.64. The number of hydrogen-bond acceptors (Lipinski definition) is 2. The highest BCUT2D eigenvalue weighted by molar-refractivity contribution is 5.97. The summed E-state index contributed by atoms with van der Waals surface area (Å²) in [5.74, 6) is -1.07. The van der Waals surface area contributed by atoms with Crippen LogP contribution >= 0.6 is 0 Å². The van der Waals surface area contributed by atoms with E-state index < -0.39 is 5.97 Å². The van der Waals surface area contributed by atoms with E-state index in [0.29, 0.717) is 6.29 Å². The van der Waals surface area contributed by atoms with Gasteiger partial charge in [-0.3, -0.25) is 4.79 Å². The molecule has 0 atom stereocenters. The van der Waals surface area contributed by atoms with Gasteiger partial charge in [0.2, 0.25) is 0 Å². The summed E-state index contributed by atoms with van der Waals surface area (Å²) in [4.78, 5) is 21.2. The summed E-state index contributed by atoms with van der Waals surface area (Å²) in [6.07, 6.45) is 1.36. The molecule has 0 saturated carbocycles. The van der Waals surface area contributed by atoms with Crippen molar-refractivity contribution in [3.05, 3.63) is 34.9 Å². The molecule has 3 nitrogen and oxygen atoms in total. The molecule has 68 valence electrons. The number of aldehydes is 1. The van der Waals surface area contributed by atoms with Gasteiger partial charge < -0.3 is 5.11 Å². The first-order valence-electron chi connectivity index (χ1n) is 4.00. The number of carboxylic acids is 1. The van der Waals surface area contributed by atoms with Crippen LogP contribution in [0.25, 0.3) is 0 Å². The number of aromatic carboxylic acids is 1. The van der Waals surface area contributed by atoms with E-state index >= 15 is 0 Å². The lowest BCUT2D eigenvalue weighted by molar-refractivity contribution is 0.0694. The van der Waals surface area contributed by atoms with Crippen molar-refractivity contribution in [2.24, 2.45) is 0 Å². The van der Waals surface area contributed by atoms with E-state index in [1.165, 1.54) is 6.07 Å². The summed E-state index contributed by atoms with van der Waals surface area (Å²) in [7, 11) is 0. The van der Waals surface area contributed by atoms with Crippen molar-refractivity contribution < 1.29 is 14.7 Å². The first-order chi connectivity index (χ1) is 6.19. The summed E-state index contributed by atoms with van der Waals surface area (Å²) >= 11 is 0. The molecule has 0 unspecified atom stereocenters. The summed E-state index contributed by atoms with van der Waals surface area (Å²) in [5.41, 5.74) is 1.27. The average molecular weight is 178 g/mol. The topological polar surface area (TPSA) is 54.4 Å². The molecule has 0 radical (unpaired) electrons. The third-order valence-corrected chi connectivity index (χ3v) is 1.88. The fourth-order valence-electron chi connectivity index (χ4n) is 1.12. The van der Waals surface area contributed by atoms with Gasteiger partial charge in [0.25, 0.3) is 0 Å².